The number of likely N-dealkylation sites (N-methyl/N-ethyl adjacent to an activating group) is 1. The van der Waals surface area contributed by atoms with E-state index in [-0.39, 0.29) is 24.8 Å². The molecule has 0 bridgehead atoms. The van der Waals surface area contributed by atoms with Gasteiger partial charge in [-0.3, -0.25) is 4.79 Å². The van der Waals surface area contributed by atoms with Gasteiger partial charge in [0.05, 0.1) is 12.9 Å². The third kappa shape index (κ3) is 6.15. The number of hydrogen-bond donors (Lipinski definition) is 1. The molecule has 146 valence electrons. The first-order chi connectivity index (χ1) is 12.4. The van der Waals surface area contributed by atoms with Gasteiger partial charge in [0.2, 0.25) is 10.0 Å². The average Bonchev–Trinajstić information content (AvgIpc) is 2.66. The van der Waals surface area contributed by atoms with Crippen LogP contribution < -0.4 is 14.8 Å². The van der Waals surface area contributed by atoms with Gasteiger partial charge in [-0.05, 0) is 18.7 Å². The Morgan fingerprint density at radius 2 is 1.88 bits per heavy atom. The molecule has 0 atom stereocenters. The molecule has 1 aliphatic rings. The van der Waals surface area contributed by atoms with Gasteiger partial charge >= 0.3 is 0 Å². The van der Waals surface area contributed by atoms with Crippen molar-refractivity contribution in [2.24, 2.45) is 0 Å². The lowest BCUT2D eigenvalue weighted by Crippen LogP contribution is -2.50. The molecule has 1 aromatic rings. The van der Waals surface area contributed by atoms with E-state index in [1.165, 1.54) is 4.31 Å². The molecule has 9 heteroatoms. The smallest absolute Gasteiger partial charge is 0.257 e. The fourth-order valence-corrected chi connectivity index (χ4v) is 4.00. The molecule has 1 heterocycles. The molecule has 1 saturated heterocycles. The number of sulfonamides is 1. The van der Waals surface area contributed by atoms with Crippen molar-refractivity contribution in [3.63, 3.8) is 0 Å². The molecule has 1 amide bonds. The van der Waals surface area contributed by atoms with Crippen LogP contribution in [0.1, 0.15) is 6.92 Å². The van der Waals surface area contributed by atoms with Crippen LogP contribution in [-0.4, -0.2) is 82.3 Å². The molecule has 0 saturated carbocycles. The zero-order valence-electron chi connectivity index (χ0n) is 15.3. The van der Waals surface area contributed by atoms with Gasteiger partial charge in [0, 0.05) is 38.8 Å². The van der Waals surface area contributed by atoms with Crippen molar-refractivity contribution in [2.75, 3.05) is 58.7 Å². The Balaban J connectivity index is 1.70. The largest absolute Gasteiger partial charge is 0.497 e. The SMILES string of the molecule is CCN1CCN(S(=O)(=O)CCNC(=O)COc2cccc(OC)c2)CC1. The second-order valence-corrected chi connectivity index (χ2v) is 8.06. The minimum Gasteiger partial charge on any atom is -0.497 e. The molecular weight excluding hydrogens is 358 g/mol. The van der Waals surface area contributed by atoms with Gasteiger partial charge < -0.3 is 19.7 Å². The van der Waals surface area contributed by atoms with E-state index in [9.17, 15) is 13.2 Å². The van der Waals surface area contributed by atoms with Gasteiger partial charge in [0.25, 0.3) is 5.91 Å². The van der Waals surface area contributed by atoms with E-state index in [0.29, 0.717) is 24.6 Å². The van der Waals surface area contributed by atoms with Gasteiger partial charge in [-0.25, -0.2) is 8.42 Å². The van der Waals surface area contributed by atoms with E-state index in [1.54, 1.807) is 31.4 Å². The molecule has 0 radical (unpaired) electrons. The second-order valence-electron chi connectivity index (χ2n) is 5.97. The van der Waals surface area contributed by atoms with Crippen molar-refractivity contribution in [2.45, 2.75) is 6.92 Å². The van der Waals surface area contributed by atoms with Gasteiger partial charge in [-0.1, -0.05) is 13.0 Å². The maximum absolute atomic E-state index is 12.3. The van der Waals surface area contributed by atoms with Crippen molar-refractivity contribution < 1.29 is 22.7 Å². The lowest BCUT2D eigenvalue weighted by molar-refractivity contribution is -0.122. The highest BCUT2D eigenvalue weighted by Crippen LogP contribution is 2.18. The van der Waals surface area contributed by atoms with Crippen molar-refractivity contribution >= 4 is 15.9 Å². The molecule has 8 nitrogen and oxygen atoms in total. The Labute approximate surface area is 155 Å². The maximum Gasteiger partial charge on any atom is 0.257 e. The summed E-state index contributed by atoms with van der Waals surface area (Å²) in [6, 6.07) is 6.93. The number of carbonyl (C=O) groups is 1. The summed E-state index contributed by atoms with van der Waals surface area (Å²) in [5, 5.41) is 2.59. The fourth-order valence-electron chi connectivity index (χ4n) is 2.66. The third-order valence-electron chi connectivity index (χ3n) is 4.27. The highest BCUT2D eigenvalue weighted by atomic mass is 32.2. The van der Waals surface area contributed by atoms with E-state index >= 15 is 0 Å². The maximum atomic E-state index is 12.3. The first kappa shape index (κ1) is 20.5. The van der Waals surface area contributed by atoms with Crippen LogP contribution >= 0.6 is 0 Å². The fraction of sp³-hybridized carbons (Fsp3) is 0.588. The Morgan fingerprint density at radius 1 is 1.19 bits per heavy atom. The molecule has 0 unspecified atom stereocenters. The van der Waals surface area contributed by atoms with E-state index in [2.05, 4.69) is 17.1 Å². The minimum absolute atomic E-state index is 0.0661. The number of nitrogens with zero attached hydrogens (tertiary/aromatic N) is 2. The zero-order valence-corrected chi connectivity index (χ0v) is 16.1. The molecule has 1 fully saturated rings. The van der Waals surface area contributed by atoms with E-state index in [4.69, 9.17) is 9.47 Å². The number of benzene rings is 1. The van der Waals surface area contributed by atoms with Crippen LogP contribution in [0.4, 0.5) is 0 Å². The minimum atomic E-state index is -3.35. The summed E-state index contributed by atoms with van der Waals surface area (Å²) in [4.78, 5) is 14.0. The normalized spacial score (nSPS) is 16.2. The summed E-state index contributed by atoms with van der Waals surface area (Å²) in [7, 11) is -1.80. The van der Waals surface area contributed by atoms with Crippen LogP contribution in [0.25, 0.3) is 0 Å². The summed E-state index contributed by atoms with van der Waals surface area (Å²) in [5.41, 5.74) is 0. The molecule has 0 aliphatic carbocycles. The van der Waals surface area contributed by atoms with Gasteiger partial charge in [-0.2, -0.15) is 4.31 Å². The summed E-state index contributed by atoms with van der Waals surface area (Å²) < 4.78 is 36.6. The van der Waals surface area contributed by atoms with E-state index < -0.39 is 10.0 Å². The van der Waals surface area contributed by atoms with Crippen molar-refractivity contribution in [1.82, 2.24) is 14.5 Å². The van der Waals surface area contributed by atoms with E-state index in [1.807, 2.05) is 0 Å². The molecule has 26 heavy (non-hydrogen) atoms. The monoisotopic (exact) mass is 385 g/mol. The Morgan fingerprint density at radius 3 is 2.54 bits per heavy atom. The predicted octanol–water partition coefficient (Wildman–Crippen LogP) is 0.158. The molecule has 0 aromatic heterocycles. The summed E-state index contributed by atoms with van der Waals surface area (Å²) >= 11 is 0. The van der Waals surface area contributed by atoms with Crippen LogP contribution in [-0.2, 0) is 14.8 Å². The first-order valence-corrected chi connectivity index (χ1v) is 10.3. The van der Waals surface area contributed by atoms with Gasteiger partial charge in [0.15, 0.2) is 6.61 Å². The van der Waals surface area contributed by atoms with Gasteiger partial charge in [0.1, 0.15) is 11.5 Å². The number of methoxy groups -OCH3 is 1. The zero-order chi connectivity index (χ0) is 19.0. The lowest BCUT2D eigenvalue weighted by Gasteiger charge is -2.33. The highest BCUT2D eigenvalue weighted by Gasteiger charge is 2.26. The standard InChI is InChI=1S/C17H27N3O5S/c1-3-19-8-10-20(11-9-19)26(22,23)12-7-18-17(21)14-25-16-6-4-5-15(13-16)24-2/h4-6,13H,3,7-12,14H2,1-2H3,(H,18,21). The Hall–Kier alpha value is -1.84. The number of ether oxygens (including phenoxy) is 2. The molecule has 1 N–H and O–H groups in total. The number of carbonyl (C=O) groups excluding carboxylic acids is 1. The lowest BCUT2D eigenvalue weighted by atomic mass is 10.3. The van der Waals surface area contributed by atoms with Crippen LogP contribution in [0.15, 0.2) is 24.3 Å². The first-order valence-electron chi connectivity index (χ1n) is 8.68. The van der Waals surface area contributed by atoms with Crippen LogP contribution in [0.3, 0.4) is 0 Å². The number of amides is 1. The van der Waals surface area contributed by atoms with E-state index in [0.717, 1.165) is 19.6 Å². The average molecular weight is 385 g/mol. The predicted molar refractivity (Wildman–Crippen MR) is 99.0 cm³/mol. The number of rotatable bonds is 9. The van der Waals surface area contributed by atoms with Crippen molar-refractivity contribution in [1.29, 1.82) is 0 Å². The molecule has 1 aliphatic heterocycles. The van der Waals surface area contributed by atoms with Crippen molar-refractivity contribution in [3.05, 3.63) is 24.3 Å². The van der Waals surface area contributed by atoms with Gasteiger partial charge in [-0.15, -0.1) is 0 Å². The summed E-state index contributed by atoms with van der Waals surface area (Å²) in [5.74, 6) is 0.682. The molecular formula is C17H27N3O5S. The quantitative estimate of drug-likeness (QED) is 0.651. The third-order valence-corrected chi connectivity index (χ3v) is 6.14. The van der Waals surface area contributed by atoms with Crippen LogP contribution in [0, 0.1) is 0 Å². The van der Waals surface area contributed by atoms with Crippen molar-refractivity contribution in [3.8, 4) is 11.5 Å². The summed E-state index contributed by atoms with van der Waals surface area (Å²) in [6.45, 7) is 5.38. The Kier molecular flexibility index (Phi) is 7.67. The van der Waals surface area contributed by atoms with Crippen LogP contribution in [0.5, 0.6) is 11.5 Å². The number of hydrogen-bond acceptors (Lipinski definition) is 6. The highest BCUT2D eigenvalue weighted by molar-refractivity contribution is 7.89. The number of nitrogens with one attached hydrogen (secondary N) is 1. The second kappa shape index (κ2) is 9.75. The van der Waals surface area contributed by atoms with Crippen LogP contribution in [0.2, 0.25) is 0 Å². The Bertz CT molecular complexity index is 687. The summed E-state index contributed by atoms with van der Waals surface area (Å²) in [6.07, 6.45) is 0. The topological polar surface area (TPSA) is 88.2 Å². The number of piperazine rings is 1. The molecule has 1 aromatic carbocycles. The molecule has 2 rings (SSSR count). The molecule has 0 spiro atoms.